The fourth-order valence-corrected chi connectivity index (χ4v) is 3.27. The summed E-state index contributed by atoms with van der Waals surface area (Å²) < 4.78 is 5.61. The van der Waals surface area contributed by atoms with E-state index in [1.165, 1.54) is 19.2 Å². The molecule has 2 heterocycles. The maximum Gasteiger partial charge on any atom is 0.258 e. The van der Waals surface area contributed by atoms with Crippen molar-refractivity contribution in [3.05, 3.63) is 30.6 Å². The van der Waals surface area contributed by atoms with Crippen molar-refractivity contribution in [1.82, 2.24) is 20.2 Å². The lowest BCUT2D eigenvalue weighted by molar-refractivity contribution is -0.123. The number of likely N-dealkylation sites (tertiary alicyclic amines) is 1. The molecule has 2 aromatic rings. The molecule has 1 amide bonds. The zero-order valence-electron chi connectivity index (χ0n) is 14.9. The van der Waals surface area contributed by atoms with Gasteiger partial charge in [-0.05, 0) is 51.3 Å². The van der Waals surface area contributed by atoms with Gasteiger partial charge in [0.15, 0.2) is 6.61 Å². The molecule has 0 spiro atoms. The van der Waals surface area contributed by atoms with Gasteiger partial charge >= 0.3 is 0 Å². The van der Waals surface area contributed by atoms with Crippen molar-refractivity contribution in [3.63, 3.8) is 0 Å². The van der Waals surface area contributed by atoms with Crippen LogP contribution in [0.4, 0.5) is 0 Å². The van der Waals surface area contributed by atoms with Gasteiger partial charge in [0.25, 0.3) is 5.91 Å². The Labute approximate surface area is 148 Å². The number of piperidine rings is 1. The van der Waals surface area contributed by atoms with E-state index in [1.54, 1.807) is 0 Å². The van der Waals surface area contributed by atoms with Crippen LogP contribution in [0.2, 0.25) is 0 Å². The van der Waals surface area contributed by atoms with Gasteiger partial charge in [0.1, 0.15) is 6.33 Å². The number of carbonyl (C=O) groups is 1. The van der Waals surface area contributed by atoms with Crippen LogP contribution in [0.3, 0.4) is 0 Å². The number of nitrogens with one attached hydrogen (secondary N) is 1. The van der Waals surface area contributed by atoms with Gasteiger partial charge in [-0.1, -0.05) is 12.1 Å². The summed E-state index contributed by atoms with van der Waals surface area (Å²) in [6.45, 7) is 7.33. The second-order valence-corrected chi connectivity index (χ2v) is 6.89. The molecule has 0 unspecified atom stereocenters. The molecule has 134 valence electrons. The fraction of sp³-hybridized carbons (Fsp3) is 0.526. The highest BCUT2D eigenvalue weighted by molar-refractivity contribution is 5.83. The maximum atomic E-state index is 12.1. The van der Waals surface area contributed by atoms with E-state index in [0.29, 0.717) is 24.4 Å². The van der Waals surface area contributed by atoms with Crippen molar-refractivity contribution >= 4 is 16.8 Å². The van der Waals surface area contributed by atoms with Crippen LogP contribution in [-0.4, -0.2) is 53.1 Å². The molecule has 1 aromatic carbocycles. The predicted octanol–water partition coefficient (Wildman–Crippen LogP) is 2.25. The highest BCUT2D eigenvalue weighted by Gasteiger charge is 2.22. The zero-order valence-corrected chi connectivity index (χ0v) is 14.9. The van der Waals surface area contributed by atoms with Gasteiger partial charge < -0.3 is 15.0 Å². The lowest BCUT2D eigenvalue weighted by Gasteiger charge is -2.35. The van der Waals surface area contributed by atoms with Crippen LogP contribution in [0.25, 0.3) is 10.9 Å². The molecular weight excluding hydrogens is 316 g/mol. The van der Waals surface area contributed by atoms with Gasteiger partial charge in [-0.3, -0.25) is 4.79 Å². The summed E-state index contributed by atoms with van der Waals surface area (Å²) in [6.07, 6.45) is 3.82. The number of amides is 1. The Morgan fingerprint density at radius 2 is 2.20 bits per heavy atom. The molecule has 6 heteroatoms. The monoisotopic (exact) mass is 342 g/mol. The van der Waals surface area contributed by atoms with Crippen LogP contribution >= 0.6 is 0 Å². The molecule has 0 radical (unpaired) electrons. The molecule has 6 nitrogen and oxygen atoms in total. The first-order chi connectivity index (χ1) is 12.1. The van der Waals surface area contributed by atoms with Gasteiger partial charge in [0.05, 0.1) is 10.9 Å². The van der Waals surface area contributed by atoms with E-state index >= 15 is 0 Å². The van der Waals surface area contributed by atoms with E-state index < -0.39 is 0 Å². The molecule has 0 aliphatic carbocycles. The van der Waals surface area contributed by atoms with Gasteiger partial charge in [0, 0.05) is 19.1 Å². The minimum absolute atomic E-state index is 0.0262. The number of carbonyl (C=O) groups excluding carboxylic acids is 1. The molecule has 1 aromatic heterocycles. The Balaban J connectivity index is 1.48. The van der Waals surface area contributed by atoms with E-state index in [1.807, 2.05) is 24.3 Å². The Morgan fingerprint density at radius 1 is 1.36 bits per heavy atom. The third kappa shape index (κ3) is 4.66. The van der Waals surface area contributed by atoms with Crippen LogP contribution in [0.5, 0.6) is 5.88 Å². The molecule has 25 heavy (non-hydrogen) atoms. The molecule has 1 aliphatic heterocycles. The Kier molecular flexibility index (Phi) is 5.81. The molecule has 3 rings (SSSR count). The van der Waals surface area contributed by atoms with Crippen LogP contribution in [-0.2, 0) is 4.79 Å². The van der Waals surface area contributed by atoms with Crippen LogP contribution in [0.1, 0.15) is 26.7 Å². The van der Waals surface area contributed by atoms with Crippen molar-refractivity contribution in [3.8, 4) is 5.88 Å². The Hall–Kier alpha value is -2.21. The molecular formula is C19H26N4O2. The average molecular weight is 342 g/mol. The van der Waals surface area contributed by atoms with Gasteiger partial charge in [-0.15, -0.1) is 0 Å². The van der Waals surface area contributed by atoms with Crippen LogP contribution in [0.15, 0.2) is 30.6 Å². The second-order valence-electron chi connectivity index (χ2n) is 6.89. The fourth-order valence-electron chi connectivity index (χ4n) is 3.27. The Bertz CT molecular complexity index is 714. The van der Waals surface area contributed by atoms with Crippen LogP contribution in [0, 0.1) is 5.92 Å². The van der Waals surface area contributed by atoms with Gasteiger partial charge in [-0.25, -0.2) is 9.97 Å². The largest absolute Gasteiger partial charge is 0.467 e. The smallest absolute Gasteiger partial charge is 0.258 e. The summed E-state index contributed by atoms with van der Waals surface area (Å²) in [7, 11) is 0. The van der Waals surface area contributed by atoms with E-state index in [-0.39, 0.29) is 12.5 Å². The predicted molar refractivity (Wildman–Crippen MR) is 97.5 cm³/mol. The summed E-state index contributed by atoms with van der Waals surface area (Å²) >= 11 is 0. The first-order valence-electron chi connectivity index (χ1n) is 8.97. The van der Waals surface area contributed by atoms with E-state index in [4.69, 9.17) is 4.74 Å². The standard InChI is InChI=1S/C19H26N4O2/c1-14(2)23-9-5-6-15(11-23)10-20-18(24)12-25-19-16-7-3-4-8-17(16)21-13-22-19/h3-4,7-8,13-15H,5-6,9-12H2,1-2H3,(H,20,24)/t15-/m1/s1. The van der Waals surface area contributed by atoms with Crippen molar-refractivity contribution in [2.45, 2.75) is 32.7 Å². The number of hydrogen-bond acceptors (Lipinski definition) is 5. The third-order valence-electron chi connectivity index (χ3n) is 4.71. The summed E-state index contributed by atoms with van der Waals surface area (Å²) in [5, 5.41) is 3.81. The summed E-state index contributed by atoms with van der Waals surface area (Å²) in [5.41, 5.74) is 0.809. The zero-order chi connectivity index (χ0) is 17.6. The Morgan fingerprint density at radius 3 is 3.04 bits per heavy atom. The maximum absolute atomic E-state index is 12.1. The lowest BCUT2D eigenvalue weighted by Crippen LogP contribution is -2.44. The van der Waals surface area contributed by atoms with Gasteiger partial charge in [0.2, 0.25) is 5.88 Å². The number of fused-ring (bicyclic) bond motifs is 1. The number of benzene rings is 1. The SMILES string of the molecule is CC(C)N1CCC[C@H](CNC(=O)COc2ncnc3ccccc23)C1. The molecule has 1 saturated heterocycles. The van der Waals surface area contributed by atoms with Crippen molar-refractivity contribution in [1.29, 1.82) is 0 Å². The first kappa shape index (κ1) is 17.6. The third-order valence-corrected chi connectivity index (χ3v) is 4.71. The molecule has 1 N–H and O–H groups in total. The normalized spacial score (nSPS) is 18.4. The highest BCUT2D eigenvalue weighted by Crippen LogP contribution is 2.20. The molecule has 0 bridgehead atoms. The quantitative estimate of drug-likeness (QED) is 0.872. The number of ether oxygens (including phenoxy) is 1. The summed E-state index contributed by atoms with van der Waals surface area (Å²) in [6, 6.07) is 8.17. The van der Waals surface area contributed by atoms with Crippen molar-refractivity contribution in [2.24, 2.45) is 5.92 Å². The average Bonchev–Trinajstić information content (AvgIpc) is 2.65. The van der Waals surface area contributed by atoms with Crippen LogP contribution < -0.4 is 10.1 Å². The highest BCUT2D eigenvalue weighted by atomic mass is 16.5. The van der Waals surface area contributed by atoms with Gasteiger partial charge in [-0.2, -0.15) is 0 Å². The minimum Gasteiger partial charge on any atom is -0.467 e. The lowest BCUT2D eigenvalue weighted by atomic mass is 9.97. The van der Waals surface area contributed by atoms with E-state index in [2.05, 4.69) is 34.0 Å². The van der Waals surface area contributed by atoms with E-state index in [9.17, 15) is 4.79 Å². The topological polar surface area (TPSA) is 67.4 Å². The summed E-state index contributed by atoms with van der Waals surface area (Å²) in [4.78, 5) is 22.9. The minimum atomic E-state index is -0.107. The molecule has 1 fully saturated rings. The summed E-state index contributed by atoms with van der Waals surface area (Å²) in [5.74, 6) is 0.855. The number of aromatic nitrogens is 2. The molecule has 1 aliphatic rings. The number of nitrogens with zero attached hydrogens (tertiary/aromatic N) is 3. The number of rotatable bonds is 6. The first-order valence-corrected chi connectivity index (χ1v) is 8.97. The molecule has 0 saturated carbocycles. The second kappa shape index (κ2) is 8.25. The van der Waals surface area contributed by atoms with Crippen molar-refractivity contribution < 1.29 is 9.53 Å². The number of para-hydroxylation sites is 1. The van der Waals surface area contributed by atoms with Crippen molar-refractivity contribution in [2.75, 3.05) is 26.2 Å². The van der Waals surface area contributed by atoms with E-state index in [0.717, 1.165) is 24.0 Å². The number of hydrogen-bond donors (Lipinski definition) is 1. The molecule has 1 atom stereocenters.